The number of nitrogens with zero attached hydrogens (tertiary/aromatic N) is 6. The van der Waals surface area contributed by atoms with Gasteiger partial charge in [0.15, 0.2) is 0 Å². The van der Waals surface area contributed by atoms with Crippen LogP contribution in [0.15, 0.2) is 36.9 Å². The summed E-state index contributed by atoms with van der Waals surface area (Å²) in [5, 5.41) is 0. The number of imidazole rings is 1. The highest BCUT2D eigenvalue weighted by Gasteiger charge is 2.30. The van der Waals surface area contributed by atoms with Gasteiger partial charge in [0.2, 0.25) is 0 Å². The van der Waals surface area contributed by atoms with Crippen molar-refractivity contribution in [2.45, 2.75) is 25.3 Å². The molecule has 2 aromatic heterocycles. The van der Waals surface area contributed by atoms with Gasteiger partial charge in [-0.2, -0.15) is 0 Å². The van der Waals surface area contributed by atoms with Crippen molar-refractivity contribution in [3.8, 4) is 0 Å². The van der Waals surface area contributed by atoms with Crippen molar-refractivity contribution < 1.29 is 4.79 Å². The first-order valence-electron chi connectivity index (χ1n) is 9.83. The third kappa shape index (κ3) is 4.13. The van der Waals surface area contributed by atoms with E-state index in [2.05, 4.69) is 26.5 Å². The number of hydrogen-bond donors (Lipinski definition) is 0. The molecule has 0 N–H and O–H groups in total. The zero-order chi connectivity index (χ0) is 18.6. The summed E-state index contributed by atoms with van der Waals surface area (Å²) < 4.78 is 2.21. The van der Waals surface area contributed by atoms with E-state index in [-0.39, 0.29) is 6.03 Å². The van der Waals surface area contributed by atoms with Crippen LogP contribution in [0.5, 0.6) is 0 Å². The summed E-state index contributed by atoms with van der Waals surface area (Å²) in [6, 6.07) is 4.27. The summed E-state index contributed by atoms with van der Waals surface area (Å²) in [6.07, 6.45) is 9.67. The summed E-state index contributed by atoms with van der Waals surface area (Å²) >= 11 is 0. The second-order valence-electron chi connectivity index (χ2n) is 7.63. The molecule has 2 fully saturated rings. The van der Waals surface area contributed by atoms with Crippen LogP contribution in [0.2, 0.25) is 0 Å². The molecule has 1 atom stereocenters. The van der Waals surface area contributed by atoms with Gasteiger partial charge in [-0.1, -0.05) is 0 Å². The standard InChI is InChI=1S/C20H28N6O/c1-23-11-13-24(14-12-23)20(27)26-9-2-3-18(16-26)19-22-8-10-25(19)15-17-4-6-21-7-5-17/h4-8,10,18H,2-3,9,11-16H2,1H3/t18-/m1/s1. The molecule has 27 heavy (non-hydrogen) atoms. The minimum Gasteiger partial charge on any atom is -0.330 e. The van der Waals surface area contributed by atoms with Gasteiger partial charge >= 0.3 is 6.03 Å². The third-order valence-electron chi connectivity index (χ3n) is 5.68. The molecule has 0 aliphatic carbocycles. The Balaban J connectivity index is 1.43. The fourth-order valence-corrected chi connectivity index (χ4v) is 4.06. The number of rotatable bonds is 3. The Morgan fingerprint density at radius 1 is 1.07 bits per heavy atom. The molecule has 2 aromatic rings. The van der Waals surface area contributed by atoms with E-state index in [1.54, 1.807) is 0 Å². The molecule has 2 aliphatic heterocycles. The van der Waals surface area contributed by atoms with Gasteiger partial charge in [-0.05, 0) is 37.6 Å². The van der Waals surface area contributed by atoms with Crippen LogP contribution in [-0.4, -0.2) is 81.6 Å². The quantitative estimate of drug-likeness (QED) is 0.830. The molecule has 7 nitrogen and oxygen atoms in total. The van der Waals surface area contributed by atoms with E-state index in [0.717, 1.165) is 64.5 Å². The molecular weight excluding hydrogens is 340 g/mol. The van der Waals surface area contributed by atoms with Crippen LogP contribution in [0.4, 0.5) is 4.79 Å². The van der Waals surface area contributed by atoms with Gasteiger partial charge in [0.1, 0.15) is 5.82 Å². The number of carbonyl (C=O) groups is 1. The summed E-state index contributed by atoms with van der Waals surface area (Å²) in [6.45, 7) is 5.98. The lowest BCUT2D eigenvalue weighted by Gasteiger charge is -2.39. The minimum absolute atomic E-state index is 0.194. The van der Waals surface area contributed by atoms with Crippen LogP contribution in [0.25, 0.3) is 0 Å². The number of aromatic nitrogens is 3. The SMILES string of the molecule is CN1CCN(C(=O)N2CCC[C@@H](c3nccn3Cc3ccncc3)C2)CC1. The summed E-state index contributed by atoms with van der Waals surface area (Å²) in [4.78, 5) is 28.0. The Morgan fingerprint density at radius 2 is 1.85 bits per heavy atom. The molecule has 2 amide bonds. The number of hydrogen-bond acceptors (Lipinski definition) is 4. The maximum atomic E-state index is 13.0. The lowest BCUT2D eigenvalue weighted by molar-refractivity contribution is 0.111. The highest BCUT2D eigenvalue weighted by Crippen LogP contribution is 2.27. The van der Waals surface area contributed by atoms with Crippen LogP contribution in [0.3, 0.4) is 0 Å². The molecule has 0 aromatic carbocycles. The lowest BCUT2D eigenvalue weighted by Crippen LogP contribution is -2.53. The average Bonchev–Trinajstić information content (AvgIpc) is 3.17. The number of pyridine rings is 1. The lowest BCUT2D eigenvalue weighted by atomic mass is 9.97. The topological polar surface area (TPSA) is 57.5 Å². The van der Waals surface area contributed by atoms with E-state index in [4.69, 9.17) is 0 Å². The van der Waals surface area contributed by atoms with Crippen LogP contribution in [0.1, 0.15) is 30.1 Å². The normalized spacial score (nSPS) is 21.4. The van der Waals surface area contributed by atoms with E-state index in [1.807, 2.05) is 46.7 Å². The first kappa shape index (κ1) is 18.0. The largest absolute Gasteiger partial charge is 0.330 e. The van der Waals surface area contributed by atoms with Gasteiger partial charge in [-0.3, -0.25) is 4.98 Å². The number of likely N-dealkylation sites (N-methyl/N-ethyl adjacent to an activating group) is 1. The number of urea groups is 1. The van der Waals surface area contributed by atoms with Crippen LogP contribution < -0.4 is 0 Å². The van der Waals surface area contributed by atoms with Gasteiger partial charge in [-0.15, -0.1) is 0 Å². The molecule has 2 saturated heterocycles. The van der Waals surface area contributed by atoms with Crippen molar-refractivity contribution in [1.82, 2.24) is 29.2 Å². The molecular formula is C20H28N6O. The van der Waals surface area contributed by atoms with Crippen LogP contribution >= 0.6 is 0 Å². The van der Waals surface area contributed by atoms with Crippen molar-refractivity contribution in [2.75, 3.05) is 46.3 Å². The molecule has 144 valence electrons. The summed E-state index contributed by atoms with van der Waals surface area (Å²) in [5.74, 6) is 1.38. The molecule has 0 radical (unpaired) electrons. The van der Waals surface area contributed by atoms with Crippen molar-refractivity contribution in [2.24, 2.45) is 0 Å². The Bertz CT molecular complexity index is 753. The van der Waals surface area contributed by atoms with Gasteiger partial charge in [-0.25, -0.2) is 9.78 Å². The fourth-order valence-electron chi connectivity index (χ4n) is 4.06. The number of amides is 2. The highest BCUT2D eigenvalue weighted by molar-refractivity contribution is 5.74. The second-order valence-corrected chi connectivity index (χ2v) is 7.63. The van der Waals surface area contributed by atoms with Crippen LogP contribution in [-0.2, 0) is 6.54 Å². The highest BCUT2D eigenvalue weighted by atomic mass is 16.2. The van der Waals surface area contributed by atoms with E-state index >= 15 is 0 Å². The number of piperazine rings is 1. The maximum Gasteiger partial charge on any atom is 0.320 e. The average molecular weight is 368 g/mol. The zero-order valence-corrected chi connectivity index (χ0v) is 16.0. The Kier molecular flexibility index (Phi) is 5.38. The Morgan fingerprint density at radius 3 is 2.63 bits per heavy atom. The fraction of sp³-hybridized carbons (Fsp3) is 0.550. The Hall–Kier alpha value is -2.41. The Labute approximate surface area is 160 Å². The zero-order valence-electron chi connectivity index (χ0n) is 16.0. The van der Waals surface area contributed by atoms with Crippen molar-refractivity contribution >= 4 is 6.03 Å². The molecule has 0 saturated carbocycles. The van der Waals surface area contributed by atoms with Crippen LogP contribution in [0, 0.1) is 0 Å². The molecule has 0 unspecified atom stereocenters. The predicted molar refractivity (Wildman–Crippen MR) is 104 cm³/mol. The minimum atomic E-state index is 0.194. The molecule has 7 heteroatoms. The number of piperidine rings is 1. The van der Waals surface area contributed by atoms with Crippen molar-refractivity contribution in [1.29, 1.82) is 0 Å². The molecule has 2 aliphatic rings. The van der Waals surface area contributed by atoms with Gasteiger partial charge in [0.25, 0.3) is 0 Å². The molecule has 4 heterocycles. The first-order chi connectivity index (χ1) is 13.2. The summed E-state index contributed by atoms with van der Waals surface area (Å²) in [7, 11) is 2.11. The first-order valence-corrected chi connectivity index (χ1v) is 9.83. The maximum absolute atomic E-state index is 13.0. The molecule has 0 spiro atoms. The summed E-state index contributed by atoms with van der Waals surface area (Å²) in [5.41, 5.74) is 1.21. The molecule has 4 rings (SSSR count). The molecule has 0 bridgehead atoms. The monoisotopic (exact) mass is 368 g/mol. The smallest absolute Gasteiger partial charge is 0.320 e. The van der Waals surface area contributed by atoms with E-state index < -0.39 is 0 Å². The number of carbonyl (C=O) groups excluding carboxylic acids is 1. The van der Waals surface area contributed by atoms with E-state index in [9.17, 15) is 4.79 Å². The second kappa shape index (κ2) is 8.08. The number of likely N-dealkylation sites (tertiary alicyclic amines) is 1. The van der Waals surface area contributed by atoms with Crippen molar-refractivity contribution in [3.63, 3.8) is 0 Å². The van der Waals surface area contributed by atoms with Gasteiger partial charge in [0, 0.05) is 76.5 Å². The van der Waals surface area contributed by atoms with E-state index in [1.165, 1.54) is 5.56 Å². The van der Waals surface area contributed by atoms with E-state index in [0.29, 0.717) is 5.92 Å². The predicted octanol–water partition coefficient (Wildman–Crippen LogP) is 1.87. The third-order valence-corrected chi connectivity index (χ3v) is 5.68. The van der Waals surface area contributed by atoms with Gasteiger partial charge < -0.3 is 19.3 Å². The van der Waals surface area contributed by atoms with Gasteiger partial charge in [0.05, 0.1) is 0 Å². The van der Waals surface area contributed by atoms with Crippen molar-refractivity contribution in [3.05, 3.63) is 48.3 Å².